The molecule has 11 nitrogen and oxygen atoms in total. The quantitative estimate of drug-likeness (QED) is 0.336. The van der Waals surface area contributed by atoms with Crippen LogP contribution in [0.3, 0.4) is 0 Å². The first kappa shape index (κ1) is 21.3. The van der Waals surface area contributed by atoms with Gasteiger partial charge in [0.1, 0.15) is 17.7 Å². The number of thiophene rings is 1. The molecule has 0 fully saturated rings. The average molecular weight is 435 g/mol. The molecule has 0 bridgehead atoms. The monoisotopic (exact) mass is 435 g/mol. The lowest BCUT2D eigenvalue weighted by Gasteiger charge is -2.28. The zero-order chi connectivity index (χ0) is 21.8. The van der Waals surface area contributed by atoms with Crippen LogP contribution in [0.4, 0.5) is 11.6 Å². The second kappa shape index (κ2) is 8.97. The first-order valence-electron chi connectivity index (χ1n) is 9.05. The number of aromatic amines is 1. The van der Waals surface area contributed by atoms with Gasteiger partial charge in [-0.2, -0.15) is 0 Å². The zero-order valence-electron chi connectivity index (χ0n) is 15.7. The average Bonchev–Trinajstić information content (AvgIpc) is 3.30. The van der Waals surface area contributed by atoms with E-state index < -0.39 is 30.1 Å². The fraction of sp³-hybridized carbons (Fsp3) is 0.333. The van der Waals surface area contributed by atoms with Crippen LogP contribution >= 0.6 is 11.3 Å². The summed E-state index contributed by atoms with van der Waals surface area (Å²) in [6, 6.07) is 3.68. The molecule has 0 saturated heterocycles. The number of fused-ring (bicyclic) bond motifs is 1. The van der Waals surface area contributed by atoms with Crippen LogP contribution < -0.4 is 11.1 Å². The fourth-order valence-corrected chi connectivity index (χ4v) is 3.87. The van der Waals surface area contributed by atoms with E-state index in [1.165, 1.54) is 17.7 Å². The molecule has 2 atom stereocenters. The number of carboxylic acid groups (broad SMARTS) is 2. The molecule has 0 saturated carbocycles. The van der Waals surface area contributed by atoms with Gasteiger partial charge in [0.05, 0.1) is 11.2 Å². The second-order valence-electron chi connectivity index (χ2n) is 6.70. The van der Waals surface area contributed by atoms with Gasteiger partial charge in [0.15, 0.2) is 6.23 Å². The van der Waals surface area contributed by atoms with Gasteiger partial charge < -0.3 is 36.3 Å². The lowest BCUT2D eigenvalue weighted by molar-refractivity contribution is -0.140. The summed E-state index contributed by atoms with van der Waals surface area (Å²) in [5, 5.41) is 30.6. The number of aliphatic hydroxyl groups excluding tert-OH is 1. The van der Waals surface area contributed by atoms with E-state index in [1.807, 2.05) is 0 Å². The van der Waals surface area contributed by atoms with Crippen molar-refractivity contribution in [3.8, 4) is 0 Å². The molecule has 12 heteroatoms. The number of nitrogens with one attached hydrogen (secondary N) is 2. The van der Waals surface area contributed by atoms with Crippen molar-refractivity contribution in [1.82, 2.24) is 15.2 Å². The van der Waals surface area contributed by atoms with E-state index in [1.54, 1.807) is 23.1 Å². The Balaban J connectivity index is 1.56. The minimum Gasteiger partial charge on any atom is -0.481 e. The van der Waals surface area contributed by atoms with Gasteiger partial charge >= 0.3 is 11.9 Å². The number of aliphatic hydroxyl groups is 1. The molecule has 3 rings (SSSR count). The van der Waals surface area contributed by atoms with E-state index >= 15 is 0 Å². The summed E-state index contributed by atoms with van der Waals surface area (Å²) < 4.78 is 0. The number of aliphatic imine (C=N–C) groups is 1. The summed E-state index contributed by atoms with van der Waals surface area (Å²) in [7, 11) is 0. The number of H-pyrrole nitrogens is 1. The van der Waals surface area contributed by atoms with Crippen molar-refractivity contribution in [2.45, 2.75) is 31.5 Å². The molecule has 1 aliphatic rings. The lowest BCUT2D eigenvalue weighted by Crippen LogP contribution is -2.40. The Morgan fingerprint density at radius 3 is 2.80 bits per heavy atom. The molecule has 1 amide bonds. The first-order valence-corrected chi connectivity index (χ1v) is 9.87. The van der Waals surface area contributed by atoms with Gasteiger partial charge in [0, 0.05) is 23.4 Å². The molecule has 30 heavy (non-hydrogen) atoms. The van der Waals surface area contributed by atoms with Crippen LogP contribution in [-0.2, 0) is 16.0 Å². The second-order valence-corrected chi connectivity index (χ2v) is 7.87. The Labute approximate surface area is 174 Å². The van der Waals surface area contributed by atoms with Gasteiger partial charge in [-0.3, -0.25) is 9.59 Å². The summed E-state index contributed by atoms with van der Waals surface area (Å²) in [5.41, 5.74) is 6.27. The molecule has 2 aromatic rings. The Kier molecular flexibility index (Phi) is 6.37. The largest absolute Gasteiger partial charge is 0.481 e. The number of amides is 1. The number of aromatic nitrogens is 1. The zero-order valence-corrected chi connectivity index (χ0v) is 16.6. The number of hydrogen-bond donors (Lipinski definition) is 6. The third-order valence-electron chi connectivity index (χ3n) is 4.53. The third-order valence-corrected chi connectivity index (χ3v) is 5.67. The molecule has 1 unspecified atom stereocenters. The molecule has 3 heterocycles. The summed E-state index contributed by atoms with van der Waals surface area (Å²) in [6.07, 6.45) is 0.592. The first-order chi connectivity index (χ1) is 14.2. The highest BCUT2D eigenvalue weighted by Gasteiger charge is 2.25. The normalized spacial score (nSPS) is 16.2. The van der Waals surface area contributed by atoms with Crippen LogP contribution in [0.15, 0.2) is 23.2 Å². The Hall–Kier alpha value is -3.38. The van der Waals surface area contributed by atoms with Crippen LogP contribution in [0.5, 0.6) is 0 Å². The molecule has 1 aliphatic heterocycles. The summed E-state index contributed by atoms with van der Waals surface area (Å²) >= 11 is 1.20. The highest BCUT2D eigenvalue weighted by Crippen LogP contribution is 2.32. The fourth-order valence-electron chi connectivity index (χ4n) is 2.97. The maximum Gasteiger partial charge on any atom is 0.326 e. The number of aliphatic carboxylic acids is 2. The molecular formula is C18H21N5O6S. The molecule has 160 valence electrons. The topological polar surface area (TPSA) is 181 Å². The summed E-state index contributed by atoms with van der Waals surface area (Å²) in [6.45, 7) is 0.438. The van der Waals surface area contributed by atoms with Crippen LogP contribution in [0.2, 0.25) is 0 Å². The Morgan fingerprint density at radius 2 is 2.10 bits per heavy atom. The molecule has 0 aliphatic carbocycles. The highest BCUT2D eigenvalue weighted by molar-refractivity contribution is 7.14. The number of carbonyl (C=O) groups excluding carboxylic acids is 1. The van der Waals surface area contributed by atoms with Gasteiger partial charge in [0.2, 0.25) is 0 Å². The Bertz CT molecular complexity index is 984. The van der Waals surface area contributed by atoms with Crippen LogP contribution in [0.1, 0.15) is 39.2 Å². The van der Waals surface area contributed by atoms with E-state index in [9.17, 15) is 19.5 Å². The third kappa shape index (κ3) is 4.96. The number of hydrogen-bond acceptors (Lipinski definition) is 8. The van der Waals surface area contributed by atoms with Gasteiger partial charge in [-0.15, -0.1) is 11.3 Å². The molecule has 0 spiro atoms. The minimum absolute atomic E-state index is 0.202. The number of carboxylic acids is 2. The predicted octanol–water partition coefficient (Wildman–Crippen LogP) is 0.915. The van der Waals surface area contributed by atoms with E-state index in [0.717, 1.165) is 4.88 Å². The molecule has 0 radical (unpaired) electrons. The predicted molar refractivity (Wildman–Crippen MR) is 109 cm³/mol. The van der Waals surface area contributed by atoms with Crippen molar-refractivity contribution >= 4 is 47.2 Å². The summed E-state index contributed by atoms with van der Waals surface area (Å²) in [4.78, 5) is 44.1. The SMILES string of the molecule is Nc1cc2c([nH]1)N=CN(CCc1ccc(C(=O)N[C@@H](CCC(=O)O)C(=O)O)s1)C2O. The number of nitrogens with zero attached hydrogens (tertiary/aromatic N) is 2. The van der Waals surface area contributed by atoms with Gasteiger partial charge in [-0.25, -0.2) is 9.79 Å². The minimum atomic E-state index is -1.29. The highest BCUT2D eigenvalue weighted by atomic mass is 32.1. The maximum atomic E-state index is 12.3. The lowest BCUT2D eigenvalue weighted by atomic mass is 10.1. The van der Waals surface area contributed by atoms with E-state index in [-0.39, 0.29) is 12.8 Å². The molecular weight excluding hydrogens is 414 g/mol. The molecule has 7 N–H and O–H groups in total. The number of anilines is 1. The standard InChI is InChI=1S/C18H21N5O6S/c19-13-7-10-15(22-13)20-8-23(17(10)27)6-5-9-1-3-12(30-9)16(26)21-11(18(28)29)2-4-14(24)25/h1,3,7-8,11,17,22,27H,2,4-6,19H2,(H,21,26)(H,24,25)(H,28,29)/t11-,17?/m0/s1. The van der Waals surface area contributed by atoms with Crippen molar-refractivity contribution in [1.29, 1.82) is 0 Å². The molecule has 2 aromatic heterocycles. The van der Waals surface area contributed by atoms with Crippen LogP contribution in [-0.4, -0.2) is 62.0 Å². The van der Waals surface area contributed by atoms with Gasteiger partial charge in [-0.05, 0) is 31.0 Å². The van der Waals surface area contributed by atoms with E-state index in [0.29, 0.717) is 35.0 Å². The number of rotatable bonds is 9. The van der Waals surface area contributed by atoms with Crippen molar-refractivity contribution in [3.63, 3.8) is 0 Å². The van der Waals surface area contributed by atoms with Crippen LogP contribution in [0.25, 0.3) is 0 Å². The van der Waals surface area contributed by atoms with Gasteiger partial charge in [-0.1, -0.05) is 0 Å². The van der Waals surface area contributed by atoms with Crippen molar-refractivity contribution in [2.24, 2.45) is 4.99 Å². The number of nitrogen functional groups attached to an aromatic ring is 1. The smallest absolute Gasteiger partial charge is 0.326 e. The Morgan fingerprint density at radius 1 is 1.33 bits per heavy atom. The van der Waals surface area contributed by atoms with Crippen LogP contribution in [0, 0.1) is 0 Å². The van der Waals surface area contributed by atoms with Gasteiger partial charge in [0.25, 0.3) is 5.91 Å². The number of nitrogens with two attached hydrogens (primary N) is 1. The van der Waals surface area contributed by atoms with Crippen molar-refractivity contribution in [2.75, 3.05) is 12.3 Å². The van der Waals surface area contributed by atoms with E-state index in [4.69, 9.17) is 15.9 Å². The number of carbonyl (C=O) groups is 3. The van der Waals surface area contributed by atoms with Crippen molar-refractivity contribution in [3.05, 3.63) is 33.5 Å². The maximum absolute atomic E-state index is 12.3. The van der Waals surface area contributed by atoms with Crippen molar-refractivity contribution < 1.29 is 29.7 Å². The van der Waals surface area contributed by atoms with E-state index in [2.05, 4.69) is 15.3 Å². The molecule has 0 aromatic carbocycles. The summed E-state index contributed by atoms with van der Waals surface area (Å²) in [5.74, 6) is -2.07.